The van der Waals surface area contributed by atoms with Gasteiger partial charge in [0, 0.05) is 41.2 Å². The molecule has 0 radical (unpaired) electrons. The molecule has 0 saturated carbocycles. The number of nitrogens with one attached hydrogen (secondary N) is 2. The number of amidine groups is 1. The van der Waals surface area contributed by atoms with E-state index in [1.807, 2.05) is 6.07 Å². The summed E-state index contributed by atoms with van der Waals surface area (Å²) in [5, 5.41) is 20.2. The number of primary sulfonamides is 1. The molecule has 0 spiro atoms. The summed E-state index contributed by atoms with van der Waals surface area (Å²) in [6, 6.07) is 20.2. The second kappa shape index (κ2) is 10.2. The Labute approximate surface area is 224 Å². The van der Waals surface area contributed by atoms with E-state index < -0.39 is 21.5 Å². The summed E-state index contributed by atoms with van der Waals surface area (Å²) in [5.41, 5.74) is 7.61. The number of nitrogens with two attached hydrogens (primary N) is 2. The molecule has 1 aliphatic rings. The van der Waals surface area contributed by atoms with Crippen molar-refractivity contribution >= 4 is 33.2 Å². The van der Waals surface area contributed by atoms with Gasteiger partial charge in [-0.1, -0.05) is 53.7 Å². The number of hydrogen-bond acceptors (Lipinski definition) is 7. The van der Waals surface area contributed by atoms with Crippen LogP contribution >= 0.6 is 0 Å². The molecular weight excluding hydrogens is 518 g/mol. The van der Waals surface area contributed by atoms with E-state index in [0.717, 1.165) is 0 Å². The molecule has 0 bridgehead atoms. The molecule has 39 heavy (non-hydrogen) atoms. The lowest BCUT2D eigenvalue weighted by Crippen LogP contribution is -2.46. The van der Waals surface area contributed by atoms with Crippen LogP contribution in [0.25, 0.3) is 11.1 Å². The highest BCUT2D eigenvalue weighted by Crippen LogP contribution is 2.32. The van der Waals surface area contributed by atoms with Crippen molar-refractivity contribution in [2.24, 2.45) is 16.0 Å². The SMILES string of the molecule is N=C(N)c1cccc(C2=NOC(Cn3ccnc3)(C(=O)Nc3ccc(-c4ccccc4S(N)(=O)=O)cc3)C2)c1. The van der Waals surface area contributed by atoms with Crippen molar-refractivity contribution in [3.63, 3.8) is 0 Å². The third-order valence-electron chi connectivity index (χ3n) is 6.35. The van der Waals surface area contributed by atoms with Crippen LogP contribution in [0.15, 0.2) is 102 Å². The average molecular weight is 544 g/mol. The third kappa shape index (κ3) is 5.42. The predicted molar refractivity (Wildman–Crippen MR) is 147 cm³/mol. The van der Waals surface area contributed by atoms with Crippen molar-refractivity contribution in [1.29, 1.82) is 5.41 Å². The molecular formula is C27H25N7O4S. The molecule has 6 N–H and O–H groups in total. The van der Waals surface area contributed by atoms with Crippen molar-refractivity contribution < 1.29 is 18.0 Å². The summed E-state index contributed by atoms with van der Waals surface area (Å²) < 4.78 is 25.7. The Morgan fingerprint density at radius 2 is 1.85 bits per heavy atom. The van der Waals surface area contributed by atoms with E-state index in [0.29, 0.717) is 33.7 Å². The molecule has 1 aromatic heterocycles. The van der Waals surface area contributed by atoms with Crippen molar-refractivity contribution in [1.82, 2.24) is 9.55 Å². The largest absolute Gasteiger partial charge is 0.384 e. The molecule has 1 amide bonds. The van der Waals surface area contributed by atoms with E-state index in [-0.39, 0.29) is 23.7 Å². The zero-order valence-corrected chi connectivity index (χ0v) is 21.4. The zero-order chi connectivity index (χ0) is 27.6. The van der Waals surface area contributed by atoms with Crippen LogP contribution in [0, 0.1) is 5.41 Å². The van der Waals surface area contributed by atoms with Gasteiger partial charge in [-0.2, -0.15) is 0 Å². The van der Waals surface area contributed by atoms with Crippen molar-refractivity contribution in [3.05, 3.63) is 103 Å². The minimum atomic E-state index is -3.92. The molecule has 2 heterocycles. The molecule has 0 aliphatic carbocycles. The second-order valence-electron chi connectivity index (χ2n) is 9.10. The van der Waals surface area contributed by atoms with Crippen LogP contribution in [0.2, 0.25) is 0 Å². The molecule has 0 saturated heterocycles. The van der Waals surface area contributed by atoms with E-state index in [1.54, 1.807) is 84.0 Å². The maximum atomic E-state index is 13.7. The fraction of sp³-hybridized carbons (Fsp3) is 0.111. The first-order valence-electron chi connectivity index (χ1n) is 11.8. The Balaban J connectivity index is 1.40. The lowest BCUT2D eigenvalue weighted by Gasteiger charge is -2.26. The minimum absolute atomic E-state index is 0.0129. The van der Waals surface area contributed by atoms with Gasteiger partial charge in [-0.25, -0.2) is 18.5 Å². The normalized spacial score (nSPS) is 16.8. The van der Waals surface area contributed by atoms with E-state index in [1.165, 1.54) is 6.07 Å². The number of nitrogen functional groups attached to an aromatic ring is 1. The number of oxime groups is 1. The summed E-state index contributed by atoms with van der Waals surface area (Å²) in [7, 11) is -3.92. The molecule has 1 aliphatic heterocycles. The fourth-order valence-corrected chi connectivity index (χ4v) is 5.14. The molecule has 4 aromatic rings. The van der Waals surface area contributed by atoms with Gasteiger partial charge in [-0.05, 0) is 29.8 Å². The highest BCUT2D eigenvalue weighted by atomic mass is 32.2. The van der Waals surface area contributed by atoms with Crippen molar-refractivity contribution in [2.75, 3.05) is 5.32 Å². The molecule has 11 nitrogen and oxygen atoms in total. The number of amides is 1. The number of anilines is 1. The fourth-order valence-electron chi connectivity index (χ4n) is 4.38. The first-order chi connectivity index (χ1) is 18.6. The smallest absolute Gasteiger partial charge is 0.273 e. The Kier molecular flexibility index (Phi) is 6.73. The Bertz CT molecular complexity index is 1680. The monoisotopic (exact) mass is 543 g/mol. The second-order valence-corrected chi connectivity index (χ2v) is 10.6. The van der Waals surface area contributed by atoms with Crippen LogP contribution in [0.5, 0.6) is 0 Å². The lowest BCUT2D eigenvalue weighted by atomic mass is 9.92. The van der Waals surface area contributed by atoms with Gasteiger partial charge in [-0.15, -0.1) is 0 Å². The summed E-state index contributed by atoms with van der Waals surface area (Å²) in [6.07, 6.45) is 5.09. The van der Waals surface area contributed by atoms with Crippen LogP contribution in [0.4, 0.5) is 5.69 Å². The molecule has 1 unspecified atom stereocenters. The number of benzene rings is 3. The third-order valence-corrected chi connectivity index (χ3v) is 7.32. The first-order valence-corrected chi connectivity index (χ1v) is 13.4. The van der Waals surface area contributed by atoms with Gasteiger partial charge in [0.15, 0.2) is 0 Å². The van der Waals surface area contributed by atoms with Gasteiger partial charge in [-0.3, -0.25) is 10.2 Å². The van der Waals surface area contributed by atoms with Crippen molar-refractivity contribution in [2.45, 2.75) is 23.5 Å². The number of aromatic nitrogens is 2. The van der Waals surface area contributed by atoms with Crippen molar-refractivity contribution in [3.8, 4) is 11.1 Å². The predicted octanol–water partition coefficient (Wildman–Crippen LogP) is 2.68. The minimum Gasteiger partial charge on any atom is -0.384 e. The molecule has 3 aromatic carbocycles. The van der Waals surface area contributed by atoms with E-state index in [2.05, 4.69) is 15.5 Å². The van der Waals surface area contributed by atoms with Crippen LogP contribution < -0.4 is 16.2 Å². The highest BCUT2D eigenvalue weighted by molar-refractivity contribution is 7.89. The number of carbonyl (C=O) groups is 1. The highest BCUT2D eigenvalue weighted by Gasteiger charge is 2.47. The number of rotatable bonds is 8. The summed E-state index contributed by atoms with van der Waals surface area (Å²) >= 11 is 0. The van der Waals surface area contributed by atoms with Crippen LogP contribution in [0.1, 0.15) is 17.5 Å². The van der Waals surface area contributed by atoms with Gasteiger partial charge < -0.3 is 20.5 Å². The Morgan fingerprint density at radius 1 is 1.08 bits per heavy atom. The summed E-state index contributed by atoms with van der Waals surface area (Å²) in [4.78, 5) is 23.6. The standard InChI is InChI=1S/C27H25N7O4S/c28-25(29)20-5-3-4-19(14-20)23-15-27(38-33-23,16-34-13-12-31-17-34)26(35)32-21-10-8-18(9-11-21)22-6-1-2-7-24(22)39(30,36)37/h1-14,17H,15-16H2,(H3,28,29)(H,32,35)(H2,30,36,37). The maximum absolute atomic E-state index is 13.7. The molecule has 1 atom stereocenters. The van der Waals surface area contributed by atoms with Crippen LogP contribution in [0.3, 0.4) is 0 Å². The zero-order valence-electron chi connectivity index (χ0n) is 20.6. The maximum Gasteiger partial charge on any atom is 0.273 e. The van der Waals surface area contributed by atoms with Gasteiger partial charge in [0.2, 0.25) is 15.6 Å². The average Bonchev–Trinajstić information content (AvgIpc) is 3.60. The van der Waals surface area contributed by atoms with Gasteiger partial charge in [0.05, 0.1) is 23.5 Å². The van der Waals surface area contributed by atoms with E-state index in [9.17, 15) is 13.2 Å². The van der Waals surface area contributed by atoms with Crippen LogP contribution in [-0.4, -0.2) is 41.0 Å². The van der Waals surface area contributed by atoms with E-state index in [4.69, 9.17) is 21.1 Å². The molecule has 12 heteroatoms. The van der Waals surface area contributed by atoms with Gasteiger partial charge in [0.25, 0.3) is 5.91 Å². The van der Waals surface area contributed by atoms with Gasteiger partial charge in [0.1, 0.15) is 5.84 Å². The number of nitrogens with zero attached hydrogens (tertiary/aromatic N) is 3. The molecule has 198 valence electrons. The Hall–Kier alpha value is -4.81. The molecule has 0 fully saturated rings. The van der Waals surface area contributed by atoms with Crippen LogP contribution in [-0.2, 0) is 26.2 Å². The topological polar surface area (TPSA) is 179 Å². The first kappa shape index (κ1) is 25.8. The summed E-state index contributed by atoms with van der Waals surface area (Å²) in [6.45, 7) is 0.151. The van der Waals surface area contributed by atoms with Gasteiger partial charge >= 0.3 is 0 Å². The van der Waals surface area contributed by atoms with E-state index >= 15 is 0 Å². The Morgan fingerprint density at radius 3 is 2.54 bits per heavy atom. The molecule has 5 rings (SSSR count). The number of carbonyl (C=O) groups excluding carboxylic acids is 1. The number of imidazole rings is 1. The summed E-state index contributed by atoms with van der Waals surface area (Å²) in [5.74, 6) is -0.496. The lowest BCUT2D eigenvalue weighted by molar-refractivity contribution is -0.139. The number of sulfonamides is 1. The number of hydrogen-bond donors (Lipinski definition) is 4. The quantitative estimate of drug-likeness (QED) is 0.196.